The summed E-state index contributed by atoms with van der Waals surface area (Å²) >= 11 is 12.2. The fourth-order valence-electron chi connectivity index (χ4n) is 3.53. The number of ether oxygens (including phenoxy) is 1. The standard InChI is InChI=1S/C25H24Cl2N4O/c1-32-24-10-6-5-7-19(24)13-14-28-16-23-25(20-8-3-2-4-9-20)30-31(29-23)17-18-11-12-21(26)22(27)15-18/h2-12,15,28H,13-14,16-17H2,1H3. The van der Waals surface area contributed by atoms with Crippen LogP contribution in [-0.4, -0.2) is 28.6 Å². The molecule has 0 saturated carbocycles. The Hall–Kier alpha value is -2.86. The number of hydrogen-bond acceptors (Lipinski definition) is 4. The summed E-state index contributed by atoms with van der Waals surface area (Å²) < 4.78 is 5.44. The van der Waals surface area contributed by atoms with Crippen molar-refractivity contribution in [2.45, 2.75) is 19.5 Å². The summed E-state index contributed by atoms with van der Waals surface area (Å²) in [5.74, 6) is 0.909. The highest BCUT2D eigenvalue weighted by Gasteiger charge is 2.14. The van der Waals surface area contributed by atoms with Crippen LogP contribution in [0.15, 0.2) is 72.8 Å². The van der Waals surface area contributed by atoms with E-state index in [0.29, 0.717) is 23.1 Å². The van der Waals surface area contributed by atoms with Crippen molar-refractivity contribution in [1.82, 2.24) is 20.3 Å². The van der Waals surface area contributed by atoms with E-state index in [1.165, 1.54) is 5.56 Å². The SMILES string of the molecule is COc1ccccc1CCNCc1nn(Cc2ccc(Cl)c(Cl)c2)nc1-c1ccccc1. The minimum Gasteiger partial charge on any atom is -0.496 e. The number of rotatable bonds is 9. The van der Waals surface area contributed by atoms with Crippen LogP contribution in [0.3, 0.4) is 0 Å². The molecule has 0 unspecified atom stereocenters. The van der Waals surface area contributed by atoms with Crippen molar-refractivity contribution < 1.29 is 4.74 Å². The molecule has 0 aliphatic rings. The lowest BCUT2D eigenvalue weighted by molar-refractivity contribution is 0.409. The van der Waals surface area contributed by atoms with E-state index in [9.17, 15) is 0 Å². The summed E-state index contributed by atoms with van der Waals surface area (Å²) in [6.07, 6.45) is 0.863. The van der Waals surface area contributed by atoms with Crippen LogP contribution in [0.5, 0.6) is 5.75 Å². The zero-order chi connectivity index (χ0) is 22.3. The highest BCUT2D eigenvalue weighted by molar-refractivity contribution is 6.42. The average molecular weight is 467 g/mol. The molecule has 0 radical (unpaired) electrons. The molecule has 4 aromatic rings. The minimum absolute atomic E-state index is 0.512. The third-order valence-electron chi connectivity index (χ3n) is 5.14. The summed E-state index contributed by atoms with van der Waals surface area (Å²) in [5, 5.41) is 14.1. The number of benzene rings is 3. The Morgan fingerprint density at radius 3 is 2.47 bits per heavy atom. The Labute approximate surface area is 197 Å². The van der Waals surface area contributed by atoms with Gasteiger partial charge in [-0.2, -0.15) is 15.0 Å². The van der Waals surface area contributed by atoms with Crippen molar-refractivity contribution in [2.75, 3.05) is 13.7 Å². The number of nitrogens with zero attached hydrogens (tertiary/aromatic N) is 3. The lowest BCUT2D eigenvalue weighted by atomic mass is 10.1. The second-order valence-electron chi connectivity index (χ2n) is 7.38. The van der Waals surface area contributed by atoms with Crippen LogP contribution in [0.25, 0.3) is 11.3 Å². The molecule has 0 aliphatic carbocycles. The summed E-state index contributed by atoms with van der Waals surface area (Å²) in [5.41, 5.74) is 4.97. The van der Waals surface area contributed by atoms with E-state index in [0.717, 1.165) is 41.2 Å². The molecule has 164 valence electrons. The van der Waals surface area contributed by atoms with E-state index in [4.69, 9.17) is 38.1 Å². The normalized spacial score (nSPS) is 11.0. The number of aromatic nitrogens is 3. The van der Waals surface area contributed by atoms with Gasteiger partial charge in [0.1, 0.15) is 17.1 Å². The van der Waals surface area contributed by atoms with Gasteiger partial charge in [-0.05, 0) is 42.3 Å². The van der Waals surface area contributed by atoms with Crippen LogP contribution >= 0.6 is 23.2 Å². The van der Waals surface area contributed by atoms with Gasteiger partial charge >= 0.3 is 0 Å². The first-order valence-electron chi connectivity index (χ1n) is 10.4. The largest absolute Gasteiger partial charge is 0.496 e. The van der Waals surface area contributed by atoms with E-state index in [1.807, 2.05) is 60.7 Å². The number of hydrogen-bond donors (Lipinski definition) is 1. The predicted molar refractivity (Wildman–Crippen MR) is 129 cm³/mol. The van der Waals surface area contributed by atoms with Gasteiger partial charge in [0.25, 0.3) is 0 Å². The Morgan fingerprint density at radius 2 is 1.69 bits per heavy atom. The molecule has 7 heteroatoms. The maximum Gasteiger partial charge on any atom is 0.122 e. The zero-order valence-electron chi connectivity index (χ0n) is 17.8. The van der Waals surface area contributed by atoms with Crippen LogP contribution < -0.4 is 10.1 Å². The van der Waals surface area contributed by atoms with Crippen molar-refractivity contribution in [3.63, 3.8) is 0 Å². The smallest absolute Gasteiger partial charge is 0.122 e. The molecule has 0 bridgehead atoms. The molecule has 1 aromatic heterocycles. The van der Waals surface area contributed by atoms with Gasteiger partial charge in [-0.1, -0.05) is 77.8 Å². The molecule has 1 N–H and O–H groups in total. The predicted octanol–water partition coefficient (Wildman–Crippen LogP) is 5.64. The lowest BCUT2D eigenvalue weighted by Gasteiger charge is -2.08. The Kier molecular flexibility index (Phi) is 7.43. The van der Waals surface area contributed by atoms with E-state index in [2.05, 4.69) is 11.4 Å². The molecule has 3 aromatic carbocycles. The van der Waals surface area contributed by atoms with Crippen LogP contribution in [0.2, 0.25) is 10.0 Å². The van der Waals surface area contributed by atoms with Crippen molar-refractivity contribution >= 4 is 23.2 Å². The van der Waals surface area contributed by atoms with Crippen molar-refractivity contribution in [3.8, 4) is 17.0 Å². The molecule has 0 aliphatic heterocycles. The quantitative estimate of drug-likeness (QED) is 0.324. The first-order chi connectivity index (χ1) is 15.6. The number of halogens is 2. The van der Waals surface area contributed by atoms with Gasteiger partial charge in [0.15, 0.2) is 0 Å². The second-order valence-corrected chi connectivity index (χ2v) is 8.19. The maximum absolute atomic E-state index is 6.17. The third kappa shape index (κ3) is 5.49. The summed E-state index contributed by atoms with van der Waals surface area (Å²) in [6.45, 7) is 1.92. The van der Waals surface area contributed by atoms with E-state index >= 15 is 0 Å². The highest BCUT2D eigenvalue weighted by Crippen LogP contribution is 2.24. The van der Waals surface area contributed by atoms with Crippen LogP contribution in [0.1, 0.15) is 16.8 Å². The Morgan fingerprint density at radius 1 is 0.906 bits per heavy atom. The number of para-hydroxylation sites is 1. The Bertz CT molecular complexity index is 1180. The molecule has 4 rings (SSSR count). The third-order valence-corrected chi connectivity index (χ3v) is 5.88. The van der Waals surface area contributed by atoms with E-state index in [-0.39, 0.29) is 0 Å². The first kappa shape index (κ1) is 22.3. The molecule has 0 fully saturated rings. The second kappa shape index (κ2) is 10.6. The Balaban J connectivity index is 1.49. The van der Waals surface area contributed by atoms with Crippen molar-refractivity contribution in [3.05, 3.63) is 99.7 Å². The summed E-state index contributed by atoms with van der Waals surface area (Å²) in [4.78, 5) is 1.71. The highest BCUT2D eigenvalue weighted by atomic mass is 35.5. The summed E-state index contributed by atoms with van der Waals surface area (Å²) in [7, 11) is 1.70. The zero-order valence-corrected chi connectivity index (χ0v) is 19.3. The molecule has 0 amide bonds. The summed E-state index contributed by atoms with van der Waals surface area (Å²) in [6, 6.07) is 23.8. The molecule has 0 spiro atoms. The number of methoxy groups -OCH3 is 1. The van der Waals surface area contributed by atoms with Gasteiger partial charge in [0.05, 0.1) is 23.7 Å². The molecular formula is C25H24Cl2N4O. The fraction of sp³-hybridized carbons (Fsp3) is 0.200. The van der Waals surface area contributed by atoms with Crippen LogP contribution in [0, 0.1) is 0 Å². The maximum atomic E-state index is 6.17. The van der Waals surface area contributed by atoms with Gasteiger partial charge in [-0.15, -0.1) is 0 Å². The molecule has 1 heterocycles. The number of nitrogens with one attached hydrogen (secondary N) is 1. The molecular weight excluding hydrogens is 443 g/mol. The molecule has 5 nitrogen and oxygen atoms in total. The lowest BCUT2D eigenvalue weighted by Crippen LogP contribution is -2.18. The van der Waals surface area contributed by atoms with Crippen LogP contribution in [0.4, 0.5) is 0 Å². The average Bonchev–Trinajstić information content (AvgIpc) is 3.22. The molecule has 0 saturated heterocycles. The van der Waals surface area contributed by atoms with Crippen LogP contribution in [-0.2, 0) is 19.5 Å². The van der Waals surface area contributed by atoms with Crippen molar-refractivity contribution in [1.29, 1.82) is 0 Å². The van der Waals surface area contributed by atoms with Gasteiger partial charge in [0.2, 0.25) is 0 Å². The van der Waals surface area contributed by atoms with Crippen molar-refractivity contribution in [2.24, 2.45) is 0 Å². The molecule has 32 heavy (non-hydrogen) atoms. The van der Waals surface area contributed by atoms with Gasteiger partial charge in [0, 0.05) is 12.1 Å². The van der Waals surface area contributed by atoms with E-state index < -0.39 is 0 Å². The topological polar surface area (TPSA) is 52.0 Å². The van der Waals surface area contributed by atoms with E-state index in [1.54, 1.807) is 18.0 Å². The monoisotopic (exact) mass is 466 g/mol. The molecule has 0 atom stereocenters. The van der Waals surface area contributed by atoms with Gasteiger partial charge in [-0.25, -0.2) is 0 Å². The fourth-order valence-corrected chi connectivity index (χ4v) is 3.85. The van der Waals surface area contributed by atoms with Gasteiger partial charge < -0.3 is 10.1 Å². The minimum atomic E-state index is 0.512. The first-order valence-corrected chi connectivity index (χ1v) is 11.2. The van der Waals surface area contributed by atoms with Gasteiger partial charge in [-0.3, -0.25) is 0 Å².